The van der Waals surface area contributed by atoms with E-state index in [4.69, 9.17) is 20.5 Å². The van der Waals surface area contributed by atoms with Crippen molar-refractivity contribution in [3.8, 4) is 11.5 Å². The van der Waals surface area contributed by atoms with Gasteiger partial charge in [-0.25, -0.2) is 0 Å². The van der Waals surface area contributed by atoms with Gasteiger partial charge in [0.1, 0.15) is 0 Å². The molecule has 0 saturated heterocycles. The minimum Gasteiger partial charge on any atom is -0.411 e. The highest BCUT2D eigenvalue weighted by atomic mass is 35.5. The Hall–Kier alpha value is -3.24. The Morgan fingerprint density at radius 3 is 2.80 bits per heavy atom. The summed E-state index contributed by atoms with van der Waals surface area (Å²) in [6.07, 6.45) is 3.82. The van der Waals surface area contributed by atoms with Gasteiger partial charge < -0.3 is 14.3 Å². The minimum absolute atomic E-state index is 0.188. The molecule has 0 aliphatic carbocycles. The van der Waals surface area contributed by atoms with Crippen LogP contribution in [0.5, 0.6) is 0 Å². The smallest absolute Gasteiger partial charge is 0.277 e. The van der Waals surface area contributed by atoms with Crippen LogP contribution >= 0.6 is 23.4 Å². The fraction of sp³-hybridized carbons (Fsp3) is 0.158. The van der Waals surface area contributed by atoms with E-state index in [1.54, 1.807) is 48.8 Å². The van der Waals surface area contributed by atoms with Crippen molar-refractivity contribution >= 4 is 35.0 Å². The highest BCUT2D eigenvalue weighted by Gasteiger charge is 2.13. The van der Waals surface area contributed by atoms with Crippen molar-refractivity contribution in [2.45, 2.75) is 23.8 Å². The molecule has 0 atom stereocenters. The first-order valence-corrected chi connectivity index (χ1v) is 10.3. The van der Waals surface area contributed by atoms with Gasteiger partial charge in [0.2, 0.25) is 17.7 Å². The van der Waals surface area contributed by atoms with Gasteiger partial charge in [-0.05, 0) is 24.3 Å². The second kappa shape index (κ2) is 9.51. The van der Waals surface area contributed by atoms with E-state index in [1.165, 1.54) is 11.8 Å². The second-order valence-corrected chi connectivity index (χ2v) is 7.36. The van der Waals surface area contributed by atoms with E-state index in [0.29, 0.717) is 45.7 Å². The number of aryl methyl sites for hydroxylation is 1. The van der Waals surface area contributed by atoms with Gasteiger partial charge in [0, 0.05) is 30.8 Å². The van der Waals surface area contributed by atoms with Crippen LogP contribution in [0.4, 0.5) is 5.69 Å². The highest BCUT2D eigenvalue weighted by Crippen LogP contribution is 2.25. The molecule has 152 valence electrons. The van der Waals surface area contributed by atoms with Crippen LogP contribution in [-0.2, 0) is 17.0 Å². The number of hydrogen-bond donors (Lipinski definition) is 1. The first-order valence-electron chi connectivity index (χ1n) is 8.90. The molecule has 0 radical (unpaired) electrons. The van der Waals surface area contributed by atoms with Gasteiger partial charge in [-0.1, -0.05) is 40.7 Å². The van der Waals surface area contributed by atoms with Crippen LogP contribution in [0.2, 0.25) is 5.02 Å². The average Bonchev–Trinajstić information content (AvgIpc) is 3.43. The molecule has 30 heavy (non-hydrogen) atoms. The number of carbonyl (C=O) groups is 1. The number of rotatable bonds is 8. The summed E-state index contributed by atoms with van der Waals surface area (Å²) in [5.41, 5.74) is 1.36. The van der Waals surface area contributed by atoms with Gasteiger partial charge in [0.15, 0.2) is 5.82 Å². The zero-order valence-electron chi connectivity index (χ0n) is 15.5. The number of amides is 1. The molecular formula is C19H15ClN6O3S. The van der Waals surface area contributed by atoms with Gasteiger partial charge in [-0.2, -0.15) is 4.98 Å². The molecule has 3 heterocycles. The standard InChI is InChI=1S/C19H15ClN6O3S/c20-13-3-1-2-4-14(13)22-16(27)5-6-17-23-15(26-29-17)11-30-19-25-24-18(28-19)12-7-9-21-10-8-12/h1-4,7-10H,5-6,11H2,(H,22,27). The third kappa shape index (κ3) is 5.22. The van der Waals surface area contributed by atoms with Gasteiger partial charge >= 0.3 is 0 Å². The molecule has 4 rings (SSSR count). The molecular weight excluding hydrogens is 428 g/mol. The van der Waals surface area contributed by atoms with E-state index >= 15 is 0 Å². The van der Waals surface area contributed by atoms with Crippen molar-refractivity contribution < 1.29 is 13.7 Å². The van der Waals surface area contributed by atoms with Crippen molar-refractivity contribution in [2.75, 3.05) is 5.32 Å². The maximum absolute atomic E-state index is 12.1. The fourth-order valence-corrected chi connectivity index (χ4v) is 3.24. The second-order valence-electron chi connectivity index (χ2n) is 6.03. The Bertz CT molecular complexity index is 1130. The molecule has 0 bridgehead atoms. The van der Waals surface area contributed by atoms with Crippen molar-refractivity contribution in [1.29, 1.82) is 0 Å². The highest BCUT2D eigenvalue weighted by molar-refractivity contribution is 7.98. The number of thioether (sulfide) groups is 1. The summed E-state index contributed by atoms with van der Waals surface area (Å²) in [7, 11) is 0. The van der Waals surface area contributed by atoms with Crippen LogP contribution in [0, 0.1) is 0 Å². The molecule has 0 fully saturated rings. The Morgan fingerprint density at radius 2 is 1.97 bits per heavy atom. The summed E-state index contributed by atoms with van der Waals surface area (Å²) >= 11 is 7.33. The predicted molar refractivity (Wildman–Crippen MR) is 110 cm³/mol. The number of carbonyl (C=O) groups excluding carboxylic acids is 1. The number of para-hydroxylation sites is 1. The lowest BCUT2D eigenvalue weighted by molar-refractivity contribution is -0.116. The first kappa shape index (κ1) is 20.0. The van der Waals surface area contributed by atoms with Crippen LogP contribution in [0.25, 0.3) is 11.5 Å². The molecule has 4 aromatic rings. The quantitative estimate of drug-likeness (QED) is 0.403. The molecule has 0 spiro atoms. The van der Waals surface area contributed by atoms with E-state index in [9.17, 15) is 4.79 Å². The molecule has 0 saturated carbocycles. The third-order valence-electron chi connectivity index (χ3n) is 3.88. The number of hydrogen-bond acceptors (Lipinski definition) is 9. The minimum atomic E-state index is -0.188. The number of nitrogens with zero attached hydrogens (tertiary/aromatic N) is 5. The number of halogens is 1. The molecule has 0 aliphatic heterocycles. The van der Waals surface area contributed by atoms with E-state index in [1.807, 2.05) is 0 Å². The number of aromatic nitrogens is 5. The Morgan fingerprint density at radius 1 is 1.13 bits per heavy atom. The van der Waals surface area contributed by atoms with Gasteiger partial charge in [0.05, 0.1) is 16.5 Å². The summed E-state index contributed by atoms with van der Waals surface area (Å²) < 4.78 is 10.8. The summed E-state index contributed by atoms with van der Waals surface area (Å²) in [4.78, 5) is 20.3. The Kier molecular flexibility index (Phi) is 6.35. The molecule has 1 aromatic carbocycles. The monoisotopic (exact) mass is 442 g/mol. The molecule has 1 amide bonds. The van der Waals surface area contributed by atoms with E-state index in [2.05, 4.69) is 30.6 Å². The van der Waals surface area contributed by atoms with Gasteiger partial charge in [-0.15, -0.1) is 10.2 Å². The summed E-state index contributed by atoms with van der Waals surface area (Å²) in [5.74, 6) is 1.48. The van der Waals surface area contributed by atoms with Gasteiger partial charge in [-0.3, -0.25) is 9.78 Å². The topological polar surface area (TPSA) is 120 Å². The first-order chi connectivity index (χ1) is 14.7. The average molecular weight is 443 g/mol. The lowest BCUT2D eigenvalue weighted by Crippen LogP contribution is -2.12. The van der Waals surface area contributed by atoms with Crippen molar-refractivity contribution in [1.82, 2.24) is 25.3 Å². The van der Waals surface area contributed by atoms with Crippen LogP contribution in [0.1, 0.15) is 18.1 Å². The lowest BCUT2D eigenvalue weighted by atomic mass is 10.2. The molecule has 0 unspecified atom stereocenters. The van der Waals surface area contributed by atoms with E-state index in [0.717, 1.165) is 5.56 Å². The zero-order chi connectivity index (χ0) is 20.8. The Labute approximate surface area is 180 Å². The molecule has 3 aromatic heterocycles. The van der Waals surface area contributed by atoms with Crippen molar-refractivity contribution in [3.63, 3.8) is 0 Å². The van der Waals surface area contributed by atoms with Crippen LogP contribution in [0.3, 0.4) is 0 Å². The zero-order valence-corrected chi connectivity index (χ0v) is 17.1. The summed E-state index contributed by atoms with van der Waals surface area (Å²) in [6.45, 7) is 0. The molecule has 0 aliphatic rings. The summed E-state index contributed by atoms with van der Waals surface area (Å²) in [6, 6.07) is 10.6. The third-order valence-corrected chi connectivity index (χ3v) is 5.03. The molecule has 11 heteroatoms. The normalized spacial score (nSPS) is 10.8. The van der Waals surface area contributed by atoms with Crippen LogP contribution < -0.4 is 5.32 Å². The summed E-state index contributed by atoms with van der Waals surface area (Å²) in [5, 5.41) is 15.6. The van der Waals surface area contributed by atoms with Crippen LogP contribution in [-0.4, -0.2) is 31.2 Å². The number of anilines is 1. The van der Waals surface area contributed by atoms with E-state index in [-0.39, 0.29) is 12.3 Å². The SMILES string of the molecule is O=C(CCc1nc(CSc2nnc(-c3ccncc3)o2)no1)Nc1ccccc1Cl. The van der Waals surface area contributed by atoms with Crippen molar-refractivity contribution in [3.05, 3.63) is 65.5 Å². The number of pyridine rings is 1. The van der Waals surface area contributed by atoms with Crippen molar-refractivity contribution in [2.24, 2.45) is 0 Å². The van der Waals surface area contributed by atoms with E-state index < -0.39 is 0 Å². The molecule has 1 N–H and O–H groups in total. The van der Waals surface area contributed by atoms with Gasteiger partial charge in [0.25, 0.3) is 5.22 Å². The largest absolute Gasteiger partial charge is 0.411 e. The van der Waals surface area contributed by atoms with Crippen LogP contribution in [0.15, 0.2) is 63.0 Å². The fourth-order valence-electron chi connectivity index (χ4n) is 2.45. The maximum atomic E-state index is 12.1. The lowest BCUT2D eigenvalue weighted by Gasteiger charge is -2.05. The predicted octanol–water partition coefficient (Wildman–Crippen LogP) is 4.03. The number of benzene rings is 1. The Balaban J connectivity index is 1.26. The molecule has 9 nitrogen and oxygen atoms in total. The number of nitrogens with one attached hydrogen (secondary N) is 1. The maximum Gasteiger partial charge on any atom is 0.277 e.